The highest BCUT2D eigenvalue weighted by molar-refractivity contribution is 7.80. The van der Waals surface area contributed by atoms with Gasteiger partial charge in [0.25, 0.3) is 0 Å². The van der Waals surface area contributed by atoms with E-state index in [2.05, 4.69) is 0 Å². The van der Waals surface area contributed by atoms with E-state index in [-0.39, 0.29) is 5.11 Å². The van der Waals surface area contributed by atoms with Gasteiger partial charge in [-0.3, -0.25) is 0 Å². The highest BCUT2D eigenvalue weighted by atomic mass is 32.1. The van der Waals surface area contributed by atoms with Gasteiger partial charge in [0.1, 0.15) is 0 Å². The van der Waals surface area contributed by atoms with Crippen molar-refractivity contribution in [3.8, 4) is 5.75 Å². The molecule has 0 radical (unpaired) electrons. The summed E-state index contributed by atoms with van der Waals surface area (Å²) in [5.41, 5.74) is 2.05. The zero-order chi connectivity index (χ0) is 12.8. The molecule has 2 aromatic carbocycles. The van der Waals surface area contributed by atoms with Crippen LogP contribution >= 0.6 is 12.2 Å². The predicted octanol–water partition coefficient (Wildman–Crippen LogP) is 3.25. The van der Waals surface area contributed by atoms with E-state index in [1.165, 1.54) is 10.6 Å². The summed E-state index contributed by atoms with van der Waals surface area (Å²) in [7, 11) is 0. The molecule has 0 heterocycles. The first kappa shape index (κ1) is 12.3. The summed E-state index contributed by atoms with van der Waals surface area (Å²) in [6.45, 7) is 0. The van der Waals surface area contributed by atoms with Crippen molar-refractivity contribution in [3.05, 3.63) is 60.7 Å². The van der Waals surface area contributed by atoms with Crippen LogP contribution in [0.5, 0.6) is 5.75 Å². The molecule has 0 aliphatic carbocycles. The first-order chi connectivity index (χ1) is 8.81. The van der Waals surface area contributed by atoms with Crippen molar-refractivity contribution in [1.82, 2.24) is 5.54 Å². The Morgan fingerprint density at radius 3 is 2.11 bits per heavy atom. The molecule has 0 aliphatic heterocycles. The third kappa shape index (κ3) is 2.95. The lowest BCUT2D eigenvalue weighted by molar-refractivity contribution is 0.317. The maximum absolute atomic E-state index is 12.5. The molecule has 0 unspecified atom stereocenters. The van der Waals surface area contributed by atoms with Crippen LogP contribution in [0.25, 0.3) is 0 Å². The molecule has 0 aliphatic rings. The highest BCUT2D eigenvalue weighted by Gasteiger charge is 2.14. The van der Waals surface area contributed by atoms with Gasteiger partial charge in [0, 0.05) is 0 Å². The van der Waals surface area contributed by atoms with Crippen LogP contribution in [-0.2, 0) is 0 Å². The summed E-state index contributed by atoms with van der Waals surface area (Å²) >= 11 is 4.87. The summed E-state index contributed by atoms with van der Waals surface area (Å²) in [6.07, 6.45) is 0. The third-order valence-electron chi connectivity index (χ3n) is 2.20. The number of hydrogen-bond acceptors (Lipinski definition) is 2. The predicted molar refractivity (Wildman–Crippen MR) is 72.8 cm³/mol. The molecule has 0 spiro atoms. The number of hydrogen-bond donors (Lipinski definition) is 1. The van der Waals surface area contributed by atoms with Gasteiger partial charge < -0.3 is 4.84 Å². The van der Waals surface area contributed by atoms with Crippen molar-refractivity contribution >= 4 is 23.0 Å². The van der Waals surface area contributed by atoms with Gasteiger partial charge in [-0.1, -0.05) is 36.4 Å². The van der Waals surface area contributed by atoms with Crippen LogP contribution in [0.2, 0.25) is 0 Å². The minimum Gasteiger partial charge on any atom is -0.372 e. The lowest BCUT2D eigenvalue weighted by atomic mass is 10.3. The van der Waals surface area contributed by atoms with Crippen LogP contribution in [0, 0.1) is 0 Å². The smallest absolute Gasteiger partial charge is 0.236 e. The molecule has 92 valence electrons. The van der Waals surface area contributed by atoms with E-state index in [9.17, 15) is 4.48 Å². The standard InChI is InChI=1S/C13H11FN2OS/c14-15-13(18)16(11-7-3-1-4-8-11)17-12-9-5-2-6-10-12/h1-10H,(H,15,18). The number of rotatable bonds is 3. The summed E-state index contributed by atoms with van der Waals surface area (Å²) in [6, 6.07) is 18.1. The van der Waals surface area contributed by atoms with E-state index >= 15 is 0 Å². The average Bonchev–Trinajstić information content (AvgIpc) is 2.46. The van der Waals surface area contributed by atoms with Crippen LogP contribution in [0.3, 0.4) is 0 Å². The van der Waals surface area contributed by atoms with E-state index < -0.39 is 0 Å². The van der Waals surface area contributed by atoms with Gasteiger partial charge in [-0.15, -0.1) is 9.54 Å². The molecule has 0 amide bonds. The number of thiocarbonyl (C=S) groups is 1. The van der Waals surface area contributed by atoms with Crippen LogP contribution < -0.4 is 15.4 Å². The quantitative estimate of drug-likeness (QED) is 0.521. The highest BCUT2D eigenvalue weighted by Crippen LogP contribution is 2.18. The number of nitrogens with zero attached hydrogens (tertiary/aromatic N) is 1. The van der Waals surface area contributed by atoms with E-state index in [0.29, 0.717) is 11.4 Å². The molecule has 2 aromatic rings. The topological polar surface area (TPSA) is 24.5 Å². The molecule has 2 rings (SSSR count). The second-order valence-corrected chi connectivity index (χ2v) is 3.82. The monoisotopic (exact) mass is 262 g/mol. The van der Waals surface area contributed by atoms with Crippen molar-refractivity contribution in [2.75, 3.05) is 5.06 Å². The minimum atomic E-state index is -0.162. The fourth-order valence-corrected chi connectivity index (χ4v) is 1.54. The second kappa shape index (κ2) is 5.97. The molecule has 5 heteroatoms. The number of para-hydroxylation sites is 2. The number of nitrogens with one attached hydrogen (secondary N) is 1. The van der Waals surface area contributed by atoms with Crippen molar-refractivity contribution in [2.45, 2.75) is 0 Å². The Labute approximate surface area is 110 Å². The fraction of sp³-hybridized carbons (Fsp3) is 0. The molecular formula is C13H11FN2OS. The first-order valence-electron chi connectivity index (χ1n) is 5.30. The SMILES string of the molecule is FNC(=S)N(Oc1ccccc1)c1ccccc1. The zero-order valence-electron chi connectivity index (χ0n) is 9.42. The number of hydroxylamine groups is 1. The Balaban J connectivity index is 2.24. The average molecular weight is 262 g/mol. The van der Waals surface area contributed by atoms with Gasteiger partial charge >= 0.3 is 0 Å². The van der Waals surface area contributed by atoms with Gasteiger partial charge in [-0.2, -0.15) is 5.54 Å². The van der Waals surface area contributed by atoms with E-state index in [1.807, 2.05) is 36.4 Å². The lowest BCUT2D eigenvalue weighted by Crippen LogP contribution is -2.38. The van der Waals surface area contributed by atoms with Crippen molar-refractivity contribution in [3.63, 3.8) is 0 Å². The molecular weight excluding hydrogens is 251 g/mol. The molecule has 18 heavy (non-hydrogen) atoms. The third-order valence-corrected chi connectivity index (χ3v) is 2.44. The van der Waals surface area contributed by atoms with Crippen LogP contribution in [0.4, 0.5) is 10.2 Å². The van der Waals surface area contributed by atoms with Crippen LogP contribution in [-0.4, -0.2) is 5.11 Å². The Morgan fingerprint density at radius 2 is 1.56 bits per heavy atom. The van der Waals surface area contributed by atoms with Crippen molar-refractivity contribution < 1.29 is 9.32 Å². The molecule has 0 fully saturated rings. The van der Waals surface area contributed by atoms with Crippen molar-refractivity contribution in [2.24, 2.45) is 0 Å². The fourth-order valence-electron chi connectivity index (χ4n) is 1.40. The Morgan fingerprint density at radius 1 is 1.00 bits per heavy atom. The zero-order valence-corrected chi connectivity index (χ0v) is 10.2. The Bertz CT molecular complexity index is 507. The molecule has 0 atom stereocenters. The van der Waals surface area contributed by atoms with Crippen LogP contribution in [0.15, 0.2) is 60.7 Å². The minimum absolute atomic E-state index is 0.162. The van der Waals surface area contributed by atoms with Gasteiger partial charge in [0.15, 0.2) is 5.75 Å². The maximum atomic E-state index is 12.5. The summed E-state index contributed by atoms with van der Waals surface area (Å²) in [4.78, 5) is 5.54. The second-order valence-electron chi connectivity index (χ2n) is 3.43. The molecule has 3 nitrogen and oxygen atoms in total. The normalized spacial score (nSPS) is 9.61. The number of benzene rings is 2. The van der Waals surface area contributed by atoms with Crippen molar-refractivity contribution in [1.29, 1.82) is 0 Å². The number of anilines is 1. The lowest BCUT2D eigenvalue weighted by Gasteiger charge is -2.22. The van der Waals surface area contributed by atoms with Gasteiger partial charge in [0.05, 0.1) is 5.69 Å². The first-order valence-corrected chi connectivity index (χ1v) is 5.71. The Hall–Kier alpha value is -2.14. The molecule has 0 aromatic heterocycles. The largest absolute Gasteiger partial charge is 0.372 e. The van der Waals surface area contributed by atoms with Crippen LogP contribution in [0.1, 0.15) is 0 Å². The molecule has 0 saturated heterocycles. The van der Waals surface area contributed by atoms with Gasteiger partial charge in [0.2, 0.25) is 5.11 Å². The maximum Gasteiger partial charge on any atom is 0.236 e. The van der Waals surface area contributed by atoms with E-state index in [4.69, 9.17) is 17.1 Å². The summed E-state index contributed by atoms with van der Waals surface area (Å²) in [5.74, 6) is 0.568. The summed E-state index contributed by atoms with van der Waals surface area (Å²) < 4.78 is 12.5. The Kier molecular flexibility index (Phi) is 4.09. The van der Waals surface area contributed by atoms with Gasteiger partial charge in [-0.25, -0.2) is 0 Å². The molecule has 0 saturated carbocycles. The summed E-state index contributed by atoms with van der Waals surface area (Å²) in [5, 5.41) is 1.05. The van der Waals surface area contributed by atoms with Gasteiger partial charge in [-0.05, 0) is 36.5 Å². The van der Waals surface area contributed by atoms with E-state index in [0.717, 1.165) is 0 Å². The molecule has 1 N–H and O–H groups in total. The van der Waals surface area contributed by atoms with E-state index in [1.54, 1.807) is 24.3 Å². The molecule has 0 bridgehead atoms. The number of halogens is 1.